The Balaban J connectivity index is 2.55. The van der Waals surface area contributed by atoms with E-state index in [-0.39, 0.29) is 0 Å². The Bertz CT molecular complexity index is 605. The summed E-state index contributed by atoms with van der Waals surface area (Å²) in [5.74, 6) is 0.140. The van der Waals surface area contributed by atoms with Crippen molar-refractivity contribution in [3.63, 3.8) is 0 Å². The predicted molar refractivity (Wildman–Crippen MR) is 65.4 cm³/mol. The van der Waals surface area contributed by atoms with Crippen LogP contribution in [0.3, 0.4) is 0 Å². The van der Waals surface area contributed by atoms with E-state index in [2.05, 4.69) is 5.10 Å². The van der Waals surface area contributed by atoms with E-state index >= 15 is 0 Å². The van der Waals surface area contributed by atoms with E-state index < -0.39 is 5.91 Å². The number of hydrogen-bond donors (Lipinski definition) is 1. The Hall–Kier alpha value is -2.04. The van der Waals surface area contributed by atoms with Crippen LogP contribution in [0.25, 0.3) is 17.2 Å². The van der Waals surface area contributed by atoms with Crippen molar-refractivity contribution in [2.45, 2.75) is 27.3 Å². The lowest BCUT2D eigenvalue weighted by molar-refractivity contribution is -0.113. The molecule has 0 atom stereocenters. The summed E-state index contributed by atoms with van der Waals surface area (Å²) in [6.45, 7) is 6.79. The fourth-order valence-electron chi connectivity index (χ4n) is 1.95. The first kappa shape index (κ1) is 11.4. The lowest BCUT2D eigenvalue weighted by Crippen LogP contribution is -2.05. The SMILES string of the molecule is CCn1nc2oc(C=CC(N)=O)c(C)c2c1C. The Morgan fingerprint density at radius 1 is 1.53 bits per heavy atom. The van der Waals surface area contributed by atoms with Gasteiger partial charge in [0.2, 0.25) is 11.6 Å². The molecule has 2 aromatic heterocycles. The molecule has 5 heteroatoms. The van der Waals surface area contributed by atoms with Crippen molar-refractivity contribution < 1.29 is 9.21 Å². The third kappa shape index (κ3) is 1.84. The summed E-state index contributed by atoms with van der Waals surface area (Å²) in [5.41, 5.74) is 7.70. The number of amides is 1. The van der Waals surface area contributed by atoms with Gasteiger partial charge < -0.3 is 10.2 Å². The summed E-state index contributed by atoms with van der Waals surface area (Å²) in [6, 6.07) is 0. The first-order valence-electron chi connectivity index (χ1n) is 5.48. The molecule has 90 valence electrons. The molecule has 0 bridgehead atoms. The Kier molecular flexibility index (Phi) is 2.75. The van der Waals surface area contributed by atoms with Gasteiger partial charge in [-0.3, -0.25) is 9.48 Å². The highest BCUT2D eigenvalue weighted by Gasteiger charge is 2.16. The summed E-state index contributed by atoms with van der Waals surface area (Å²) >= 11 is 0. The predicted octanol–water partition coefficient (Wildman–Crippen LogP) is 1.76. The molecule has 0 fully saturated rings. The summed E-state index contributed by atoms with van der Waals surface area (Å²) in [5, 5.41) is 5.35. The second kappa shape index (κ2) is 4.08. The lowest BCUT2D eigenvalue weighted by atomic mass is 10.1. The van der Waals surface area contributed by atoms with Crippen LogP contribution in [0.15, 0.2) is 10.5 Å². The van der Waals surface area contributed by atoms with E-state index in [1.807, 2.05) is 25.5 Å². The van der Waals surface area contributed by atoms with E-state index in [9.17, 15) is 4.79 Å². The lowest BCUT2D eigenvalue weighted by Gasteiger charge is -1.98. The molecule has 2 heterocycles. The monoisotopic (exact) mass is 233 g/mol. The van der Waals surface area contributed by atoms with Crippen molar-refractivity contribution in [2.24, 2.45) is 5.73 Å². The van der Waals surface area contributed by atoms with E-state index in [1.165, 1.54) is 6.08 Å². The van der Waals surface area contributed by atoms with Gasteiger partial charge in [0, 0.05) is 23.9 Å². The van der Waals surface area contributed by atoms with Gasteiger partial charge in [0.05, 0.1) is 5.39 Å². The van der Waals surface area contributed by atoms with Crippen LogP contribution in [0, 0.1) is 13.8 Å². The van der Waals surface area contributed by atoms with Gasteiger partial charge in [-0.15, -0.1) is 5.10 Å². The largest absolute Gasteiger partial charge is 0.437 e. The fraction of sp³-hybridized carbons (Fsp3) is 0.333. The van der Waals surface area contributed by atoms with Gasteiger partial charge in [0.1, 0.15) is 5.76 Å². The molecule has 0 aliphatic carbocycles. The molecular weight excluding hydrogens is 218 g/mol. The van der Waals surface area contributed by atoms with E-state index in [0.717, 1.165) is 23.2 Å². The van der Waals surface area contributed by atoms with E-state index in [4.69, 9.17) is 10.2 Å². The maximum Gasteiger partial charge on any atom is 0.246 e. The summed E-state index contributed by atoms with van der Waals surface area (Å²) in [6.07, 6.45) is 2.86. The second-order valence-electron chi connectivity index (χ2n) is 3.91. The van der Waals surface area contributed by atoms with Crippen molar-refractivity contribution in [2.75, 3.05) is 0 Å². The Labute approximate surface area is 98.9 Å². The normalized spacial score (nSPS) is 11.7. The fourth-order valence-corrected chi connectivity index (χ4v) is 1.95. The number of rotatable bonds is 3. The first-order valence-corrected chi connectivity index (χ1v) is 5.48. The number of furan rings is 1. The molecule has 0 spiro atoms. The quantitative estimate of drug-likeness (QED) is 0.821. The standard InChI is InChI=1S/C12H15N3O2/c1-4-15-8(3)11-7(2)9(5-6-10(13)16)17-12(11)14-15/h5-6H,4H2,1-3H3,(H2,13,16). The average Bonchev–Trinajstić information content (AvgIpc) is 2.75. The number of carbonyl (C=O) groups excluding carboxylic acids is 1. The summed E-state index contributed by atoms with van der Waals surface area (Å²) in [4.78, 5) is 10.7. The minimum atomic E-state index is -0.492. The zero-order valence-corrected chi connectivity index (χ0v) is 10.2. The molecule has 1 amide bonds. The van der Waals surface area contributed by atoms with Gasteiger partial charge in [0.25, 0.3) is 0 Å². The van der Waals surface area contributed by atoms with Crippen LogP contribution in [0.2, 0.25) is 0 Å². The van der Waals surface area contributed by atoms with Crippen LogP contribution in [0.5, 0.6) is 0 Å². The van der Waals surface area contributed by atoms with E-state index in [0.29, 0.717) is 11.5 Å². The van der Waals surface area contributed by atoms with Crippen LogP contribution < -0.4 is 5.73 Å². The topological polar surface area (TPSA) is 74.1 Å². The molecule has 17 heavy (non-hydrogen) atoms. The number of nitrogens with zero attached hydrogens (tertiary/aromatic N) is 2. The summed E-state index contributed by atoms with van der Waals surface area (Å²) in [7, 11) is 0. The highest BCUT2D eigenvalue weighted by Crippen LogP contribution is 2.28. The van der Waals surface area contributed by atoms with Crippen molar-refractivity contribution in [3.05, 3.63) is 23.1 Å². The highest BCUT2D eigenvalue weighted by molar-refractivity contribution is 5.91. The maximum absolute atomic E-state index is 10.7. The van der Waals surface area contributed by atoms with Crippen LogP contribution in [-0.2, 0) is 11.3 Å². The van der Waals surface area contributed by atoms with Gasteiger partial charge >= 0.3 is 0 Å². The Morgan fingerprint density at radius 2 is 2.24 bits per heavy atom. The molecule has 0 aliphatic rings. The van der Waals surface area contributed by atoms with Gasteiger partial charge in [-0.2, -0.15) is 0 Å². The molecule has 0 radical (unpaired) electrons. The zero-order chi connectivity index (χ0) is 12.6. The summed E-state index contributed by atoms with van der Waals surface area (Å²) < 4.78 is 7.48. The minimum absolute atomic E-state index is 0.492. The first-order chi connectivity index (χ1) is 8.04. The number of aromatic nitrogens is 2. The van der Waals surface area contributed by atoms with Gasteiger partial charge in [-0.1, -0.05) is 0 Å². The molecule has 0 saturated carbocycles. The molecule has 0 saturated heterocycles. The molecule has 2 aromatic rings. The number of hydrogen-bond acceptors (Lipinski definition) is 3. The number of carbonyl (C=O) groups is 1. The highest BCUT2D eigenvalue weighted by atomic mass is 16.3. The van der Waals surface area contributed by atoms with Crippen molar-refractivity contribution in [3.8, 4) is 0 Å². The molecule has 0 unspecified atom stereocenters. The molecule has 2 rings (SSSR count). The van der Waals surface area contributed by atoms with Crippen LogP contribution in [0.4, 0.5) is 0 Å². The minimum Gasteiger partial charge on any atom is -0.437 e. The van der Waals surface area contributed by atoms with Gasteiger partial charge in [0.15, 0.2) is 0 Å². The van der Waals surface area contributed by atoms with Crippen molar-refractivity contribution >= 4 is 23.1 Å². The molecule has 5 nitrogen and oxygen atoms in total. The molecule has 0 aromatic carbocycles. The third-order valence-corrected chi connectivity index (χ3v) is 2.82. The van der Waals surface area contributed by atoms with Crippen LogP contribution >= 0.6 is 0 Å². The van der Waals surface area contributed by atoms with Crippen molar-refractivity contribution in [1.82, 2.24) is 9.78 Å². The number of nitrogens with two attached hydrogens (primary N) is 1. The van der Waals surface area contributed by atoms with Crippen LogP contribution in [0.1, 0.15) is 23.9 Å². The van der Waals surface area contributed by atoms with Gasteiger partial charge in [-0.05, 0) is 26.8 Å². The molecule has 0 aliphatic heterocycles. The number of aryl methyl sites for hydroxylation is 3. The average molecular weight is 233 g/mol. The van der Waals surface area contributed by atoms with Gasteiger partial charge in [-0.25, -0.2) is 0 Å². The smallest absolute Gasteiger partial charge is 0.246 e. The van der Waals surface area contributed by atoms with Crippen LogP contribution in [-0.4, -0.2) is 15.7 Å². The zero-order valence-electron chi connectivity index (χ0n) is 10.2. The molecular formula is C12H15N3O2. The Morgan fingerprint density at radius 3 is 2.76 bits per heavy atom. The third-order valence-electron chi connectivity index (χ3n) is 2.82. The number of fused-ring (bicyclic) bond motifs is 1. The maximum atomic E-state index is 10.7. The molecule has 2 N–H and O–H groups in total. The van der Waals surface area contributed by atoms with E-state index in [1.54, 1.807) is 6.08 Å². The second-order valence-corrected chi connectivity index (χ2v) is 3.91. The van der Waals surface area contributed by atoms with Crippen molar-refractivity contribution in [1.29, 1.82) is 0 Å². The number of primary amides is 1.